The van der Waals surface area contributed by atoms with Crippen molar-refractivity contribution in [2.24, 2.45) is 0 Å². The molecule has 25 heavy (non-hydrogen) atoms. The third-order valence-corrected chi connectivity index (χ3v) is 4.65. The summed E-state index contributed by atoms with van der Waals surface area (Å²) < 4.78 is 0. The second-order valence-corrected chi connectivity index (χ2v) is 6.44. The third-order valence-electron chi connectivity index (χ3n) is 4.65. The summed E-state index contributed by atoms with van der Waals surface area (Å²) in [5.74, 6) is 0.322. The van der Waals surface area contributed by atoms with Crippen LogP contribution >= 0.6 is 0 Å². The van der Waals surface area contributed by atoms with Gasteiger partial charge < -0.3 is 10.8 Å². The van der Waals surface area contributed by atoms with E-state index in [0.717, 1.165) is 18.5 Å². The number of nitrogen functional groups attached to an aromatic ring is 1. The number of phenolic OH excluding ortho intramolecular Hbond substituents is 1. The van der Waals surface area contributed by atoms with Gasteiger partial charge in [0.25, 0.3) is 0 Å². The number of anilines is 1. The summed E-state index contributed by atoms with van der Waals surface area (Å²) >= 11 is 0. The van der Waals surface area contributed by atoms with Gasteiger partial charge in [-0.3, -0.25) is 0 Å². The van der Waals surface area contributed by atoms with Gasteiger partial charge in [0.05, 0.1) is 0 Å². The molecule has 0 atom stereocenters. The molecule has 0 heterocycles. The Morgan fingerprint density at radius 3 is 2.32 bits per heavy atom. The first-order valence-electron chi connectivity index (χ1n) is 8.93. The summed E-state index contributed by atoms with van der Waals surface area (Å²) in [5, 5.41) is 8.63. The second-order valence-electron chi connectivity index (χ2n) is 6.44. The summed E-state index contributed by atoms with van der Waals surface area (Å²) in [4.78, 5) is 0. The fraction of sp³-hybridized carbons (Fsp3) is 0.217. The van der Waals surface area contributed by atoms with Crippen molar-refractivity contribution in [2.75, 3.05) is 5.73 Å². The lowest BCUT2D eigenvalue weighted by atomic mass is 9.95. The minimum absolute atomic E-state index is 0.322. The molecule has 2 nitrogen and oxygen atoms in total. The van der Waals surface area contributed by atoms with Crippen LogP contribution in [-0.2, 0) is 12.8 Å². The third kappa shape index (κ3) is 3.85. The first kappa shape index (κ1) is 17.1. The summed E-state index contributed by atoms with van der Waals surface area (Å²) in [6, 6.07) is 21.7. The number of fused-ring (bicyclic) bond motifs is 3. The van der Waals surface area contributed by atoms with Gasteiger partial charge in [-0.1, -0.05) is 61.9 Å². The first-order chi connectivity index (χ1) is 12.2. The first-order valence-corrected chi connectivity index (χ1v) is 8.93. The molecule has 0 spiro atoms. The van der Waals surface area contributed by atoms with Crippen molar-refractivity contribution in [1.29, 1.82) is 0 Å². The Kier molecular flexibility index (Phi) is 5.39. The molecule has 3 aromatic carbocycles. The van der Waals surface area contributed by atoms with E-state index in [1.807, 2.05) is 6.07 Å². The van der Waals surface area contributed by atoms with E-state index in [0.29, 0.717) is 5.75 Å². The van der Waals surface area contributed by atoms with E-state index in [1.165, 1.54) is 40.7 Å². The van der Waals surface area contributed by atoms with E-state index < -0.39 is 0 Å². The number of hydrogen-bond acceptors (Lipinski definition) is 2. The van der Waals surface area contributed by atoms with Crippen molar-refractivity contribution >= 4 is 5.69 Å². The fourth-order valence-corrected chi connectivity index (χ4v) is 3.35. The highest BCUT2D eigenvalue weighted by molar-refractivity contribution is 5.83. The predicted molar refractivity (Wildman–Crippen MR) is 106 cm³/mol. The predicted octanol–water partition coefficient (Wildman–Crippen LogP) is 5.57. The molecule has 1 aliphatic carbocycles. The zero-order chi connectivity index (χ0) is 17.6. The van der Waals surface area contributed by atoms with Gasteiger partial charge in [0.15, 0.2) is 0 Å². The Morgan fingerprint density at radius 1 is 0.920 bits per heavy atom. The average molecular weight is 331 g/mol. The Hall–Kier alpha value is -2.74. The minimum Gasteiger partial charge on any atom is -0.508 e. The summed E-state index contributed by atoms with van der Waals surface area (Å²) in [5.41, 5.74) is 14.1. The smallest absolute Gasteiger partial charge is 0.115 e. The van der Waals surface area contributed by atoms with E-state index in [2.05, 4.69) is 43.3 Å². The Balaban J connectivity index is 0.000000219. The molecule has 0 saturated carbocycles. The van der Waals surface area contributed by atoms with Gasteiger partial charge in [0, 0.05) is 12.1 Å². The molecule has 128 valence electrons. The van der Waals surface area contributed by atoms with Gasteiger partial charge in [-0.2, -0.15) is 0 Å². The van der Waals surface area contributed by atoms with Gasteiger partial charge in [0.2, 0.25) is 0 Å². The molecule has 0 unspecified atom stereocenters. The molecule has 0 aliphatic heterocycles. The van der Waals surface area contributed by atoms with Crippen LogP contribution < -0.4 is 5.73 Å². The molecule has 0 bridgehead atoms. The number of para-hydroxylation sites is 1. The number of aromatic hydroxyl groups is 1. The van der Waals surface area contributed by atoms with Crippen molar-refractivity contribution in [3.8, 4) is 16.9 Å². The summed E-state index contributed by atoms with van der Waals surface area (Å²) in [6.45, 7) is 2.24. The number of aryl methyl sites for hydroxylation is 1. The van der Waals surface area contributed by atoms with Crippen LogP contribution in [0.4, 0.5) is 5.69 Å². The molecule has 4 rings (SSSR count). The highest BCUT2D eigenvalue weighted by Gasteiger charge is 2.22. The van der Waals surface area contributed by atoms with Crippen molar-refractivity contribution < 1.29 is 5.11 Å². The maximum absolute atomic E-state index is 8.63. The molecule has 1 aliphatic rings. The van der Waals surface area contributed by atoms with Crippen LogP contribution in [0.1, 0.15) is 36.5 Å². The molecule has 0 fully saturated rings. The van der Waals surface area contributed by atoms with Gasteiger partial charge in [0.1, 0.15) is 5.75 Å². The number of phenols is 1. The van der Waals surface area contributed by atoms with Crippen LogP contribution in [0.25, 0.3) is 11.1 Å². The Morgan fingerprint density at radius 2 is 1.64 bits per heavy atom. The van der Waals surface area contributed by atoms with Crippen LogP contribution in [0.5, 0.6) is 5.75 Å². The molecule has 0 aromatic heterocycles. The van der Waals surface area contributed by atoms with Crippen molar-refractivity contribution in [3.63, 3.8) is 0 Å². The maximum atomic E-state index is 8.63. The van der Waals surface area contributed by atoms with Crippen LogP contribution in [0.2, 0.25) is 0 Å². The van der Waals surface area contributed by atoms with Gasteiger partial charge in [-0.05, 0) is 58.9 Å². The lowest BCUT2D eigenvalue weighted by molar-refractivity contribution is 0.475. The van der Waals surface area contributed by atoms with Crippen molar-refractivity contribution in [1.82, 2.24) is 0 Å². The largest absolute Gasteiger partial charge is 0.508 e. The number of rotatable bonds is 3. The normalized spacial score (nSPS) is 11.2. The van der Waals surface area contributed by atoms with Crippen LogP contribution in [0.15, 0.2) is 66.7 Å². The second kappa shape index (κ2) is 7.89. The van der Waals surface area contributed by atoms with Crippen molar-refractivity contribution in [2.45, 2.75) is 32.6 Å². The zero-order valence-corrected chi connectivity index (χ0v) is 14.7. The van der Waals surface area contributed by atoms with Crippen LogP contribution in [-0.4, -0.2) is 5.11 Å². The molecular weight excluding hydrogens is 306 g/mol. The van der Waals surface area contributed by atoms with Crippen LogP contribution in [0.3, 0.4) is 0 Å². The topological polar surface area (TPSA) is 46.2 Å². The standard InChI is InChI=1S/C17H19N.C6H6O/c1-2-3-6-12-9-10-16(18)15-11-13-7-4-5-8-14(13)17(12)15;7-6-4-2-1-3-5-6/h4-5,7-10H,2-3,6,11,18H2,1H3;1-5,7H. The van der Waals surface area contributed by atoms with E-state index in [1.54, 1.807) is 24.3 Å². The van der Waals surface area contributed by atoms with E-state index in [9.17, 15) is 0 Å². The highest BCUT2D eigenvalue weighted by Crippen LogP contribution is 2.41. The monoisotopic (exact) mass is 331 g/mol. The lowest BCUT2D eigenvalue weighted by Gasteiger charge is -2.11. The van der Waals surface area contributed by atoms with Crippen molar-refractivity contribution in [3.05, 3.63) is 83.4 Å². The number of unbranched alkanes of at least 4 members (excludes halogenated alkanes) is 1. The molecule has 0 saturated heterocycles. The highest BCUT2D eigenvalue weighted by atomic mass is 16.3. The molecular formula is C23H25NO. The molecule has 2 heteroatoms. The minimum atomic E-state index is 0.322. The maximum Gasteiger partial charge on any atom is 0.115 e. The quantitative estimate of drug-likeness (QED) is 0.482. The zero-order valence-electron chi connectivity index (χ0n) is 14.7. The van der Waals surface area contributed by atoms with E-state index in [4.69, 9.17) is 10.8 Å². The summed E-state index contributed by atoms with van der Waals surface area (Å²) in [6.07, 6.45) is 4.64. The Bertz CT molecular complexity index is 840. The Labute approximate surface area is 150 Å². The SMILES string of the molecule is CCCCc1ccc(N)c2c1-c1ccccc1C2.Oc1ccccc1. The van der Waals surface area contributed by atoms with Gasteiger partial charge in [-0.25, -0.2) is 0 Å². The number of benzene rings is 3. The number of nitrogens with two attached hydrogens (primary N) is 1. The number of hydrogen-bond donors (Lipinski definition) is 2. The fourth-order valence-electron chi connectivity index (χ4n) is 3.35. The molecule has 3 N–H and O–H groups in total. The molecule has 3 aromatic rings. The van der Waals surface area contributed by atoms with Gasteiger partial charge >= 0.3 is 0 Å². The van der Waals surface area contributed by atoms with E-state index in [-0.39, 0.29) is 0 Å². The lowest BCUT2D eigenvalue weighted by Crippen LogP contribution is -1.96. The van der Waals surface area contributed by atoms with Crippen LogP contribution in [0, 0.1) is 0 Å². The average Bonchev–Trinajstić information content (AvgIpc) is 3.03. The van der Waals surface area contributed by atoms with E-state index >= 15 is 0 Å². The summed E-state index contributed by atoms with van der Waals surface area (Å²) in [7, 11) is 0. The molecule has 0 amide bonds. The van der Waals surface area contributed by atoms with Gasteiger partial charge in [-0.15, -0.1) is 0 Å². The molecule has 0 radical (unpaired) electrons.